The summed E-state index contributed by atoms with van der Waals surface area (Å²) in [6, 6.07) is 8.21. The van der Waals surface area contributed by atoms with E-state index in [9.17, 15) is 4.79 Å². The number of nitrogens with zero attached hydrogens (tertiary/aromatic N) is 4. The summed E-state index contributed by atoms with van der Waals surface area (Å²) >= 11 is 2.94. The van der Waals surface area contributed by atoms with Crippen molar-refractivity contribution in [2.24, 2.45) is 0 Å². The van der Waals surface area contributed by atoms with Crippen molar-refractivity contribution in [1.29, 1.82) is 0 Å². The summed E-state index contributed by atoms with van der Waals surface area (Å²) in [4.78, 5) is 22.4. The van der Waals surface area contributed by atoms with E-state index in [0.29, 0.717) is 27.9 Å². The smallest absolute Gasteiger partial charge is 0.260 e. The van der Waals surface area contributed by atoms with E-state index in [2.05, 4.69) is 27.3 Å². The molecule has 0 amide bonds. The fourth-order valence-electron chi connectivity index (χ4n) is 3.32. The lowest BCUT2D eigenvalue weighted by Crippen LogP contribution is -2.24. The zero-order valence-corrected chi connectivity index (χ0v) is 19.2. The molecule has 0 spiro atoms. The maximum absolute atomic E-state index is 12.9. The third-order valence-electron chi connectivity index (χ3n) is 4.80. The van der Waals surface area contributed by atoms with Crippen LogP contribution in [0.1, 0.15) is 42.9 Å². The average molecular weight is 441 g/mol. The SMILES string of the molecule is Cc1ccc(-c2c(C)sc3nc(CSc4nnc(C(C)(C)C)n4N)[nH]c(=O)c23)cc1. The highest BCUT2D eigenvalue weighted by atomic mass is 32.2. The molecule has 0 unspecified atom stereocenters. The van der Waals surface area contributed by atoms with Crippen LogP contribution in [0, 0.1) is 13.8 Å². The molecule has 0 saturated heterocycles. The maximum atomic E-state index is 12.9. The number of aromatic nitrogens is 5. The molecule has 4 aromatic rings. The molecule has 9 heteroatoms. The highest BCUT2D eigenvalue weighted by molar-refractivity contribution is 7.98. The fourth-order valence-corrected chi connectivity index (χ4v) is 5.11. The normalized spacial score (nSPS) is 12.0. The van der Waals surface area contributed by atoms with Crippen LogP contribution >= 0.6 is 23.1 Å². The van der Waals surface area contributed by atoms with Crippen molar-refractivity contribution >= 4 is 33.3 Å². The van der Waals surface area contributed by atoms with Crippen molar-refractivity contribution < 1.29 is 0 Å². The highest BCUT2D eigenvalue weighted by Crippen LogP contribution is 2.36. The molecule has 0 aliphatic heterocycles. The summed E-state index contributed by atoms with van der Waals surface area (Å²) in [6.07, 6.45) is 0. The van der Waals surface area contributed by atoms with Crippen molar-refractivity contribution in [3.05, 3.63) is 56.7 Å². The Morgan fingerprint density at radius 1 is 1.17 bits per heavy atom. The average Bonchev–Trinajstić information content (AvgIpc) is 3.20. The Morgan fingerprint density at radius 3 is 2.50 bits per heavy atom. The fraction of sp³-hybridized carbons (Fsp3) is 0.333. The summed E-state index contributed by atoms with van der Waals surface area (Å²) in [5.74, 6) is 7.90. The number of fused-ring (bicyclic) bond motifs is 1. The summed E-state index contributed by atoms with van der Waals surface area (Å²) in [7, 11) is 0. The van der Waals surface area contributed by atoms with Gasteiger partial charge in [-0.25, -0.2) is 9.66 Å². The molecular formula is C21H24N6OS2. The van der Waals surface area contributed by atoms with E-state index in [-0.39, 0.29) is 11.0 Å². The van der Waals surface area contributed by atoms with Gasteiger partial charge in [-0.2, -0.15) is 0 Å². The number of rotatable bonds is 4. The topological polar surface area (TPSA) is 102 Å². The van der Waals surface area contributed by atoms with E-state index in [1.807, 2.05) is 46.8 Å². The highest BCUT2D eigenvalue weighted by Gasteiger charge is 2.23. The minimum absolute atomic E-state index is 0.125. The second kappa shape index (κ2) is 7.55. The van der Waals surface area contributed by atoms with Crippen LogP contribution in [-0.4, -0.2) is 24.8 Å². The number of H-pyrrole nitrogens is 1. The first-order valence-corrected chi connectivity index (χ1v) is 11.4. The largest absolute Gasteiger partial charge is 0.336 e. The van der Waals surface area contributed by atoms with Crippen molar-refractivity contribution in [3.8, 4) is 11.1 Å². The van der Waals surface area contributed by atoms with E-state index in [0.717, 1.165) is 20.8 Å². The molecule has 0 saturated carbocycles. The van der Waals surface area contributed by atoms with Gasteiger partial charge in [0.25, 0.3) is 5.56 Å². The number of benzene rings is 1. The Bertz CT molecular complexity index is 1280. The van der Waals surface area contributed by atoms with Crippen LogP contribution in [0.25, 0.3) is 21.3 Å². The molecule has 3 N–H and O–H groups in total. The molecule has 156 valence electrons. The van der Waals surface area contributed by atoms with Gasteiger partial charge in [0.2, 0.25) is 5.16 Å². The molecule has 7 nitrogen and oxygen atoms in total. The summed E-state index contributed by atoms with van der Waals surface area (Å²) in [6.45, 7) is 10.2. The number of hydrogen-bond donors (Lipinski definition) is 2. The minimum atomic E-state index is -0.201. The molecule has 0 aliphatic carbocycles. The number of nitrogens with two attached hydrogens (primary N) is 1. The van der Waals surface area contributed by atoms with Gasteiger partial charge in [-0.05, 0) is 19.4 Å². The molecule has 3 heterocycles. The number of hydrogen-bond acceptors (Lipinski definition) is 7. The molecule has 1 aromatic carbocycles. The first-order chi connectivity index (χ1) is 14.1. The lowest BCUT2D eigenvalue weighted by Gasteiger charge is -2.16. The number of nitrogen functional groups attached to an aromatic ring is 1. The number of nitrogens with one attached hydrogen (secondary N) is 1. The van der Waals surface area contributed by atoms with Gasteiger partial charge < -0.3 is 10.8 Å². The summed E-state index contributed by atoms with van der Waals surface area (Å²) < 4.78 is 1.51. The molecule has 0 radical (unpaired) electrons. The third kappa shape index (κ3) is 3.75. The predicted octanol–water partition coefficient (Wildman–Crippen LogP) is 4.16. The van der Waals surface area contributed by atoms with Crippen LogP contribution in [0.3, 0.4) is 0 Å². The van der Waals surface area contributed by atoms with E-state index in [1.54, 1.807) is 11.3 Å². The van der Waals surface area contributed by atoms with Crippen LogP contribution in [0.5, 0.6) is 0 Å². The Hall–Kier alpha value is -2.65. The second-order valence-corrected chi connectivity index (χ2v) is 10.5. The van der Waals surface area contributed by atoms with E-state index < -0.39 is 0 Å². The summed E-state index contributed by atoms with van der Waals surface area (Å²) in [5, 5.41) is 9.61. The molecule has 0 fully saturated rings. The number of thiophene rings is 1. The van der Waals surface area contributed by atoms with Gasteiger partial charge in [0.05, 0.1) is 11.1 Å². The first-order valence-electron chi connectivity index (χ1n) is 9.58. The molecule has 3 aromatic heterocycles. The lowest BCUT2D eigenvalue weighted by atomic mass is 9.96. The van der Waals surface area contributed by atoms with Crippen LogP contribution in [0.2, 0.25) is 0 Å². The zero-order chi connectivity index (χ0) is 21.6. The molecular weight excluding hydrogens is 416 g/mol. The van der Waals surface area contributed by atoms with Crippen molar-refractivity contribution in [3.63, 3.8) is 0 Å². The molecule has 30 heavy (non-hydrogen) atoms. The Morgan fingerprint density at radius 2 is 1.87 bits per heavy atom. The monoisotopic (exact) mass is 440 g/mol. The van der Waals surface area contributed by atoms with Gasteiger partial charge in [0.1, 0.15) is 10.7 Å². The second-order valence-electron chi connectivity index (χ2n) is 8.31. The number of thioether (sulfide) groups is 1. The Labute approximate surface area is 182 Å². The van der Waals surface area contributed by atoms with Gasteiger partial charge in [0, 0.05) is 15.9 Å². The molecule has 0 aliphatic rings. The lowest BCUT2D eigenvalue weighted by molar-refractivity contribution is 0.523. The standard InChI is InChI=1S/C21H24N6OS2/c1-11-6-8-13(9-7-11)15-12(2)30-18-16(15)17(28)23-14(24-18)10-29-20-26-25-19(27(20)22)21(3,4)5/h6-9H,10,22H2,1-5H3,(H,23,24,28). The minimum Gasteiger partial charge on any atom is -0.336 e. The van der Waals surface area contributed by atoms with E-state index in [4.69, 9.17) is 10.8 Å². The summed E-state index contributed by atoms with van der Waals surface area (Å²) in [5.41, 5.74) is 2.85. The Kier molecular flexibility index (Phi) is 5.19. The van der Waals surface area contributed by atoms with Crippen LogP contribution in [0.4, 0.5) is 0 Å². The first kappa shape index (κ1) is 20.6. The Balaban J connectivity index is 1.66. The third-order valence-corrected chi connectivity index (χ3v) is 6.75. The zero-order valence-electron chi connectivity index (χ0n) is 17.6. The van der Waals surface area contributed by atoms with Gasteiger partial charge in [-0.3, -0.25) is 4.79 Å². The van der Waals surface area contributed by atoms with Crippen molar-refractivity contribution in [1.82, 2.24) is 24.8 Å². The molecule has 4 rings (SSSR count). The number of aryl methyl sites for hydroxylation is 2. The van der Waals surface area contributed by atoms with Crippen LogP contribution < -0.4 is 11.4 Å². The maximum Gasteiger partial charge on any atom is 0.260 e. The number of aromatic amines is 1. The van der Waals surface area contributed by atoms with E-state index in [1.165, 1.54) is 22.0 Å². The van der Waals surface area contributed by atoms with Gasteiger partial charge in [-0.1, -0.05) is 62.4 Å². The van der Waals surface area contributed by atoms with E-state index >= 15 is 0 Å². The molecule has 0 atom stereocenters. The van der Waals surface area contributed by atoms with Gasteiger partial charge >= 0.3 is 0 Å². The van der Waals surface area contributed by atoms with Crippen molar-refractivity contribution in [2.75, 3.05) is 5.84 Å². The predicted molar refractivity (Wildman–Crippen MR) is 124 cm³/mol. The van der Waals surface area contributed by atoms with Crippen molar-refractivity contribution in [2.45, 2.75) is 50.9 Å². The van der Waals surface area contributed by atoms with Gasteiger partial charge in [0.15, 0.2) is 5.82 Å². The quantitative estimate of drug-likeness (QED) is 0.365. The van der Waals surface area contributed by atoms with Crippen LogP contribution in [0.15, 0.2) is 34.2 Å². The molecule has 0 bridgehead atoms. The van der Waals surface area contributed by atoms with Crippen LogP contribution in [-0.2, 0) is 11.2 Å². The van der Waals surface area contributed by atoms with Gasteiger partial charge in [-0.15, -0.1) is 21.5 Å².